The van der Waals surface area contributed by atoms with Gasteiger partial charge in [0.25, 0.3) is 5.92 Å². The number of benzene rings is 7. The van der Waals surface area contributed by atoms with Crippen LogP contribution in [0.15, 0.2) is 164 Å². The van der Waals surface area contributed by atoms with Gasteiger partial charge >= 0.3 is 0 Å². The van der Waals surface area contributed by atoms with Crippen molar-refractivity contribution in [3.05, 3.63) is 180 Å². The number of fused-ring (bicyclic) bond motifs is 3. The molecule has 0 bridgehead atoms. The van der Waals surface area contributed by atoms with E-state index in [4.69, 9.17) is 15.0 Å². The molecule has 6 nitrogen and oxygen atoms in total. The molecule has 8 heteroatoms. The molecule has 0 saturated heterocycles. The van der Waals surface area contributed by atoms with Crippen molar-refractivity contribution < 1.29 is 8.78 Å². The zero-order chi connectivity index (χ0) is 39.5. The molecule has 0 fully saturated rings. The molecule has 0 atom stereocenters. The van der Waals surface area contributed by atoms with Crippen molar-refractivity contribution in [2.45, 2.75) is 33.1 Å². The van der Waals surface area contributed by atoms with E-state index in [2.05, 4.69) is 102 Å². The van der Waals surface area contributed by atoms with Crippen molar-refractivity contribution in [1.29, 1.82) is 0 Å². The summed E-state index contributed by atoms with van der Waals surface area (Å²) in [7, 11) is 0. The average Bonchev–Trinajstić information content (AvgIpc) is 3.96. The summed E-state index contributed by atoms with van der Waals surface area (Å²) in [5.74, 6) is -0.774. The number of alkyl halides is 2. The van der Waals surface area contributed by atoms with Crippen LogP contribution in [0.2, 0.25) is 0 Å². The lowest BCUT2D eigenvalue weighted by atomic mass is 10.0. The van der Waals surface area contributed by atoms with E-state index in [-0.39, 0.29) is 5.56 Å². The number of halogens is 2. The molecule has 0 aliphatic carbocycles. The van der Waals surface area contributed by atoms with E-state index < -0.39 is 5.92 Å². The molecule has 0 aliphatic heterocycles. The summed E-state index contributed by atoms with van der Waals surface area (Å²) < 4.78 is 35.3. The molecule has 0 unspecified atom stereocenters. The van der Waals surface area contributed by atoms with Crippen LogP contribution in [-0.4, -0.2) is 28.7 Å². The first-order chi connectivity index (χ1) is 28.2. The summed E-state index contributed by atoms with van der Waals surface area (Å²) >= 11 is 0. The minimum Gasteiger partial charge on any atom is -0.292 e. The van der Waals surface area contributed by atoms with Gasteiger partial charge in [-0.1, -0.05) is 85.3 Å². The summed E-state index contributed by atoms with van der Waals surface area (Å²) in [5, 5.41) is 0. The Hall–Kier alpha value is -7.19. The Kier molecular flexibility index (Phi) is 8.37. The number of nitrogens with zero attached hydrogens (tertiary/aromatic N) is 6. The van der Waals surface area contributed by atoms with Crippen LogP contribution in [0.4, 0.5) is 8.78 Å². The predicted molar refractivity (Wildman–Crippen MR) is 230 cm³/mol. The molecule has 58 heavy (non-hydrogen) atoms. The van der Waals surface area contributed by atoms with E-state index in [0.717, 1.165) is 91.8 Å². The van der Waals surface area contributed by atoms with Crippen molar-refractivity contribution >= 4 is 33.1 Å². The normalized spacial score (nSPS) is 11.9. The second-order valence-corrected chi connectivity index (χ2v) is 14.9. The van der Waals surface area contributed by atoms with Crippen LogP contribution in [0.25, 0.3) is 84.3 Å². The summed E-state index contributed by atoms with van der Waals surface area (Å²) in [6, 6.07) is 54.3. The Labute approximate surface area is 334 Å². The molecule has 7 aromatic carbocycles. The highest BCUT2D eigenvalue weighted by Crippen LogP contribution is 2.39. The number of aromatic nitrogens is 6. The maximum Gasteiger partial charge on any atom is 0.270 e. The molecule has 0 spiro atoms. The standard InChI is InChI=1S/C50H38F2N6/c1-4-33-19-25-39(26-20-33)57-45-15-9-6-12-42(45)54-48(57)35-29-34(47-53-41-11-5-8-14-44(41)56(47)38-23-17-32(2)18-24-38)30-36(31-35)49-55-43-13-7-10-16-46(43)58(49)40-27-21-37(22-28-40)50(3,51)52/h5-31H,4H2,1-3H3. The van der Waals surface area contributed by atoms with Gasteiger partial charge in [-0.15, -0.1) is 0 Å². The summed E-state index contributed by atoms with van der Waals surface area (Å²) in [4.78, 5) is 15.8. The minimum atomic E-state index is -2.97. The van der Waals surface area contributed by atoms with E-state index in [0.29, 0.717) is 5.82 Å². The quantitative estimate of drug-likeness (QED) is 0.155. The van der Waals surface area contributed by atoms with Crippen molar-refractivity contribution in [1.82, 2.24) is 28.7 Å². The summed E-state index contributed by atoms with van der Waals surface area (Å²) in [6.45, 7) is 5.16. The van der Waals surface area contributed by atoms with Crippen LogP contribution >= 0.6 is 0 Å². The topological polar surface area (TPSA) is 53.5 Å². The fourth-order valence-corrected chi connectivity index (χ4v) is 7.94. The van der Waals surface area contributed by atoms with Gasteiger partial charge in [-0.2, -0.15) is 0 Å². The Morgan fingerprint density at radius 2 is 0.810 bits per heavy atom. The largest absolute Gasteiger partial charge is 0.292 e. The first kappa shape index (κ1) is 35.2. The average molecular weight is 761 g/mol. The number of para-hydroxylation sites is 6. The lowest BCUT2D eigenvalue weighted by Gasteiger charge is -2.16. The van der Waals surface area contributed by atoms with Crippen LogP contribution in [-0.2, 0) is 12.3 Å². The third-order valence-electron chi connectivity index (χ3n) is 10.9. The Morgan fingerprint density at radius 1 is 0.466 bits per heavy atom. The third-order valence-corrected chi connectivity index (χ3v) is 10.9. The van der Waals surface area contributed by atoms with Gasteiger partial charge in [0.05, 0.1) is 33.1 Å². The molecule has 0 N–H and O–H groups in total. The van der Waals surface area contributed by atoms with Crippen LogP contribution < -0.4 is 0 Å². The minimum absolute atomic E-state index is 0.0487. The highest BCUT2D eigenvalue weighted by atomic mass is 19.3. The van der Waals surface area contributed by atoms with Crippen molar-refractivity contribution in [2.75, 3.05) is 0 Å². The van der Waals surface area contributed by atoms with Gasteiger partial charge in [0.1, 0.15) is 17.5 Å². The van der Waals surface area contributed by atoms with Gasteiger partial charge in [0.15, 0.2) is 0 Å². The number of aryl methyl sites for hydroxylation is 2. The van der Waals surface area contributed by atoms with Gasteiger partial charge < -0.3 is 0 Å². The maximum absolute atomic E-state index is 14.4. The molecular weight excluding hydrogens is 723 g/mol. The highest BCUT2D eigenvalue weighted by molar-refractivity contribution is 5.90. The highest BCUT2D eigenvalue weighted by Gasteiger charge is 2.25. The lowest BCUT2D eigenvalue weighted by molar-refractivity contribution is 0.0175. The van der Waals surface area contributed by atoms with E-state index in [1.54, 1.807) is 12.1 Å². The third kappa shape index (κ3) is 6.05. The monoisotopic (exact) mass is 760 g/mol. The molecule has 10 rings (SSSR count). The zero-order valence-corrected chi connectivity index (χ0v) is 32.2. The second kappa shape index (κ2) is 13.8. The number of hydrogen-bond acceptors (Lipinski definition) is 3. The summed E-state index contributed by atoms with van der Waals surface area (Å²) in [5.41, 5.74) is 13.0. The van der Waals surface area contributed by atoms with Crippen LogP contribution in [0.3, 0.4) is 0 Å². The maximum atomic E-state index is 14.4. The first-order valence-electron chi connectivity index (χ1n) is 19.5. The summed E-state index contributed by atoms with van der Waals surface area (Å²) in [6.07, 6.45) is 0.940. The molecule has 3 heterocycles. The molecule has 0 aliphatic rings. The van der Waals surface area contributed by atoms with E-state index >= 15 is 0 Å². The van der Waals surface area contributed by atoms with Gasteiger partial charge in [-0.25, -0.2) is 23.7 Å². The van der Waals surface area contributed by atoms with Crippen LogP contribution in [0, 0.1) is 6.92 Å². The first-order valence-corrected chi connectivity index (χ1v) is 19.5. The molecule has 0 saturated carbocycles. The molecule has 10 aromatic rings. The molecule has 282 valence electrons. The zero-order valence-electron chi connectivity index (χ0n) is 32.2. The SMILES string of the molecule is CCc1ccc(-n2c(-c3cc(-c4nc5ccccc5n4-c4ccc(C)cc4)cc(-c4nc5ccccc5n4-c4ccc(C(C)(F)F)cc4)c3)nc3ccccc32)cc1. The Balaban J connectivity index is 1.28. The van der Waals surface area contributed by atoms with Crippen molar-refractivity contribution in [3.63, 3.8) is 0 Å². The number of imidazole rings is 3. The van der Waals surface area contributed by atoms with Gasteiger partial charge in [0.2, 0.25) is 0 Å². The molecule has 0 amide bonds. The second-order valence-electron chi connectivity index (χ2n) is 14.9. The Bertz CT molecular complexity index is 3130. The van der Waals surface area contributed by atoms with E-state index in [1.165, 1.54) is 23.3 Å². The van der Waals surface area contributed by atoms with Crippen LogP contribution in [0.1, 0.15) is 30.5 Å². The molecule has 0 radical (unpaired) electrons. The number of hydrogen-bond donors (Lipinski definition) is 0. The van der Waals surface area contributed by atoms with Crippen molar-refractivity contribution in [2.24, 2.45) is 0 Å². The number of rotatable bonds is 8. The lowest BCUT2D eigenvalue weighted by Crippen LogP contribution is -2.07. The van der Waals surface area contributed by atoms with E-state index in [1.807, 2.05) is 65.2 Å². The molecule has 3 aromatic heterocycles. The van der Waals surface area contributed by atoms with Crippen LogP contribution in [0.5, 0.6) is 0 Å². The Morgan fingerprint density at radius 3 is 1.17 bits per heavy atom. The molecular formula is C50H38F2N6. The predicted octanol–water partition coefficient (Wildman–Crippen LogP) is 12.7. The fourth-order valence-electron chi connectivity index (χ4n) is 7.94. The van der Waals surface area contributed by atoms with Crippen molar-refractivity contribution in [3.8, 4) is 51.2 Å². The van der Waals surface area contributed by atoms with E-state index in [9.17, 15) is 8.78 Å². The fraction of sp³-hybridized carbons (Fsp3) is 0.100. The van der Waals surface area contributed by atoms with Gasteiger partial charge in [-0.3, -0.25) is 13.7 Å². The van der Waals surface area contributed by atoms with Gasteiger partial charge in [-0.05, 0) is 110 Å². The van der Waals surface area contributed by atoms with Gasteiger partial charge in [0, 0.05) is 46.2 Å². The smallest absolute Gasteiger partial charge is 0.270 e.